The molecule has 0 aliphatic carbocycles. The molecule has 126 valence electrons. The smallest absolute Gasteiger partial charge is 0.273 e. The van der Waals surface area contributed by atoms with Gasteiger partial charge in [0.1, 0.15) is 17.3 Å². The number of nitrogens with zero attached hydrogens (tertiary/aromatic N) is 2. The van der Waals surface area contributed by atoms with Crippen molar-refractivity contribution < 1.29 is 19.2 Å². The Morgan fingerprint density at radius 2 is 1.92 bits per heavy atom. The van der Waals surface area contributed by atoms with Gasteiger partial charge in [0.25, 0.3) is 11.6 Å². The fraction of sp³-hybridized carbons (Fsp3) is 0. The van der Waals surface area contributed by atoms with Crippen LogP contribution in [-0.2, 0) is 0 Å². The molecule has 8 nitrogen and oxygen atoms in total. The van der Waals surface area contributed by atoms with Crippen LogP contribution >= 0.6 is 0 Å². The number of halogens is 1. The normalized spacial score (nSPS) is 10.4. The van der Waals surface area contributed by atoms with E-state index in [1.54, 1.807) is 0 Å². The van der Waals surface area contributed by atoms with Gasteiger partial charge in [0.2, 0.25) is 0 Å². The first kappa shape index (κ1) is 16.1. The summed E-state index contributed by atoms with van der Waals surface area (Å²) in [6.45, 7) is 0. The molecule has 0 unspecified atom stereocenters. The van der Waals surface area contributed by atoms with Crippen LogP contribution in [0.1, 0.15) is 10.5 Å². The van der Waals surface area contributed by atoms with E-state index >= 15 is 0 Å². The van der Waals surface area contributed by atoms with Crippen molar-refractivity contribution in [3.63, 3.8) is 0 Å². The van der Waals surface area contributed by atoms with Crippen molar-refractivity contribution in [2.45, 2.75) is 0 Å². The number of benzene rings is 2. The summed E-state index contributed by atoms with van der Waals surface area (Å²) in [5, 5.41) is 29.4. The lowest BCUT2D eigenvalue weighted by Crippen LogP contribution is -2.12. The molecule has 3 aromatic rings. The fourth-order valence-electron chi connectivity index (χ4n) is 2.13. The van der Waals surface area contributed by atoms with Gasteiger partial charge >= 0.3 is 0 Å². The van der Waals surface area contributed by atoms with E-state index in [2.05, 4.69) is 15.5 Å². The minimum Gasteiger partial charge on any atom is -0.506 e. The predicted octanol–water partition coefficient (Wildman–Crippen LogP) is 3.08. The molecule has 0 saturated heterocycles. The van der Waals surface area contributed by atoms with Gasteiger partial charge in [-0.3, -0.25) is 20.0 Å². The molecule has 0 atom stereocenters. The minimum atomic E-state index is -0.642. The molecular weight excluding hydrogens is 331 g/mol. The van der Waals surface area contributed by atoms with Gasteiger partial charge in [0.15, 0.2) is 0 Å². The van der Waals surface area contributed by atoms with Crippen molar-refractivity contribution in [1.29, 1.82) is 0 Å². The third-order valence-corrected chi connectivity index (χ3v) is 3.40. The molecule has 1 heterocycles. The van der Waals surface area contributed by atoms with Crippen LogP contribution in [0, 0.1) is 15.9 Å². The van der Waals surface area contributed by atoms with Gasteiger partial charge in [-0.1, -0.05) is 0 Å². The Kier molecular flexibility index (Phi) is 4.12. The number of rotatable bonds is 4. The van der Waals surface area contributed by atoms with Crippen molar-refractivity contribution >= 4 is 17.3 Å². The Balaban J connectivity index is 1.82. The Bertz CT molecular complexity index is 953. The van der Waals surface area contributed by atoms with Crippen LogP contribution in [0.4, 0.5) is 15.8 Å². The molecule has 0 spiro atoms. The van der Waals surface area contributed by atoms with Crippen LogP contribution in [0.15, 0.2) is 48.5 Å². The zero-order valence-corrected chi connectivity index (χ0v) is 12.6. The lowest BCUT2D eigenvalue weighted by Gasteiger charge is -2.05. The SMILES string of the molecule is O=C(Nc1cc([N+](=O)[O-])ccc1O)c1cc(-c2ccc(F)cc2)n[nH]1. The average molecular weight is 342 g/mol. The maximum absolute atomic E-state index is 12.9. The maximum Gasteiger partial charge on any atom is 0.273 e. The average Bonchev–Trinajstić information content (AvgIpc) is 3.07. The summed E-state index contributed by atoms with van der Waals surface area (Å²) in [4.78, 5) is 22.4. The number of carbonyl (C=O) groups is 1. The van der Waals surface area contributed by atoms with Gasteiger partial charge in [-0.2, -0.15) is 5.10 Å². The van der Waals surface area contributed by atoms with Crippen LogP contribution in [0.5, 0.6) is 5.75 Å². The number of nitrogens with one attached hydrogen (secondary N) is 2. The largest absolute Gasteiger partial charge is 0.506 e. The molecule has 0 radical (unpaired) electrons. The number of aromatic hydroxyl groups is 1. The summed E-state index contributed by atoms with van der Waals surface area (Å²) in [6.07, 6.45) is 0. The lowest BCUT2D eigenvalue weighted by molar-refractivity contribution is -0.384. The molecule has 9 heteroatoms. The van der Waals surface area contributed by atoms with E-state index in [9.17, 15) is 24.4 Å². The number of non-ortho nitro benzene ring substituents is 1. The monoisotopic (exact) mass is 342 g/mol. The fourth-order valence-corrected chi connectivity index (χ4v) is 2.13. The summed E-state index contributed by atoms with van der Waals surface area (Å²) in [6, 6.07) is 10.3. The molecule has 0 aliphatic heterocycles. The molecule has 1 aromatic heterocycles. The van der Waals surface area contributed by atoms with Gasteiger partial charge in [-0.15, -0.1) is 0 Å². The van der Waals surface area contributed by atoms with Gasteiger partial charge in [0, 0.05) is 17.7 Å². The number of H-pyrrole nitrogens is 1. The third kappa shape index (κ3) is 3.44. The first-order chi connectivity index (χ1) is 11.9. The molecule has 0 bridgehead atoms. The Morgan fingerprint density at radius 1 is 1.20 bits per heavy atom. The van der Waals surface area contributed by atoms with Crippen LogP contribution < -0.4 is 5.32 Å². The topological polar surface area (TPSA) is 121 Å². The molecule has 25 heavy (non-hydrogen) atoms. The number of nitro groups is 1. The molecule has 0 saturated carbocycles. The van der Waals surface area contributed by atoms with Gasteiger partial charge in [0.05, 0.1) is 16.3 Å². The molecule has 3 rings (SSSR count). The number of phenols is 1. The van der Waals surface area contributed by atoms with E-state index < -0.39 is 16.6 Å². The summed E-state index contributed by atoms with van der Waals surface area (Å²) >= 11 is 0. The van der Waals surface area contributed by atoms with E-state index in [1.807, 2.05) is 0 Å². The first-order valence-electron chi connectivity index (χ1n) is 7.04. The van der Waals surface area contributed by atoms with Crippen molar-refractivity contribution in [2.24, 2.45) is 0 Å². The number of aromatic nitrogens is 2. The third-order valence-electron chi connectivity index (χ3n) is 3.40. The standard InChI is InChI=1S/C16H11FN4O4/c17-10-3-1-9(2-4-10)12-8-14(20-19-12)16(23)18-13-7-11(21(24)25)5-6-15(13)22/h1-8,22H,(H,18,23)(H,19,20). The van der Waals surface area contributed by atoms with Crippen LogP contribution in [0.25, 0.3) is 11.3 Å². The summed E-state index contributed by atoms with van der Waals surface area (Å²) < 4.78 is 12.9. The second kappa shape index (κ2) is 6.40. The number of hydrogen-bond donors (Lipinski definition) is 3. The van der Waals surface area contributed by atoms with Crippen LogP contribution in [-0.4, -0.2) is 26.1 Å². The first-order valence-corrected chi connectivity index (χ1v) is 7.04. The highest BCUT2D eigenvalue weighted by molar-refractivity contribution is 6.04. The number of nitro benzene ring substituents is 1. The highest BCUT2D eigenvalue weighted by Crippen LogP contribution is 2.28. The predicted molar refractivity (Wildman–Crippen MR) is 86.7 cm³/mol. The van der Waals surface area contributed by atoms with Crippen molar-refractivity contribution in [3.05, 3.63) is 70.2 Å². The molecule has 3 N–H and O–H groups in total. The molecule has 1 amide bonds. The van der Waals surface area contributed by atoms with Crippen LogP contribution in [0.2, 0.25) is 0 Å². The van der Waals surface area contributed by atoms with Gasteiger partial charge in [-0.25, -0.2) is 4.39 Å². The zero-order valence-electron chi connectivity index (χ0n) is 12.6. The van der Waals surface area contributed by atoms with E-state index in [0.717, 1.165) is 18.2 Å². The Morgan fingerprint density at radius 3 is 2.60 bits per heavy atom. The minimum absolute atomic E-state index is 0.0743. The van der Waals surface area contributed by atoms with Crippen LogP contribution in [0.3, 0.4) is 0 Å². The Hall–Kier alpha value is -3.75. The van der Waals surface area contributed by atoms with Crippen molar-refractivity contribution in [1.82, 2.24) is 10.2 Å². The van der Waals surface area contributed by atoms with E-state index in [0.29, 0.717) is 11.3 Å². The molecule has 0 aliphatic rings. The number of aromatic amines is 1. The second-order valence-electron chi connectivity index (χ2n) is 5.09. The van der Waals surface area contributed by atoms with E-state index in [1.165, 1.54) is 30.3 Å². The quantitative estimate of drug-likeness (QED) is 0.382. The molecule has 0 fully saturated rings. The zero-order chi connectivity index (χ0) is 18.0. The van der Waals surface area contributed by atoms with E-state index in [4.69, 9.17) is 0 Å². The highest BCUT2D eigenvalue weighted by atomic mass is 19.1. The second-order valence-corrected chi connectivity index (χ2v) is 5.09. The van der Waals surface area contributed by atoms with Gasteiger partial charge in [-0.05, 0) is 36.4 Å². The number of carbonyl (C=O) groups excluding carboxylic acids is 1. The Labute approximate surface area is 140 Å². The lowest BCUT2D eigenvalue weighted by atomic mass is 10.1. The molecular formula is C16H11FN4O4. The number of anilines is 1. The molecule has 2 aromatic carbocycles. The highest BCUT2D eigenvalue weighted by Gasteiger charge is 2.16. The number of amides is 1. The summed E-state index contributed by atoms with van der Waals surface area (Å²) in [7, 11) is 0. The van der Waals surface area contributed by atoms with E-state index in [-0.39, 0.29) is 22.8 Å². The van der Waals surface area contributed by atoms with Crippen molar-refractivity contribution in [3.8, 4) is 17.0 Å². The number of hydrogen-bond acceptors (Lipinski definition) is 5. The summed E-state index contributed by atoms with van der Waals surface area (Å²) in [5.41, 5.74) is 0.732. The van der Waals surface area contributed by atoms with Gasteiger partial charge < -0.3 is 10.4 Å². The number of phenolic OH excluding ortho intramolecular Hbond substituents is 1. The summed E-state index contributed by atoms with van der Waals surface area (Å²) in [5.74, 6) is -1.34. The maximum atomic E-state index is 12.9. The van der Waals surface area contributed by atoms with Crippen molar-refractivity contribution in [2.75, 3.05) is 5.32 Å².